The molecule has 1 N–H and O–H groups in total. The number of rotatable bonds is 3. The lowest BCUT2D eigenvalue weighted by atomic mass is 10.3. The molecule has 0 fully saturated rings. The van der Waals surface area contributed by atoms with E-state index in [0.717, 1.165) is 19.6 Å². The van der Waals surface area contributed by atoms with E-state index < -0.39 is 0 Å². The molecular weight excluding hydrogens is 140 g/mol. The van der Waals surface area contributed by atoms with Crippen molar-refractivity contribution in [1.29, 1.82) is 0 Å². The van der Waals surface area contributed by atoms with Crippen molar-refractivity contribution in [3.05, 3.63) is 12.4 Å². The molecule has 0 aromatic heterocycles. The second-order valence-electron chi connectivity index (χ2n) is 3.03. The zero-order valence-corrected chi connectivity index (χ0v) is 7.20. The Morgan fingerprint density at radius 2 is 2.27 bits per heavy atom. The molecule has 0 aliphatic carbocycles. The third-order valence-corrected chi connectivity index (χ3v) is 1.85. The van der Waals surface area contributed by atoms with Gasteiger partial charge in [0.1, 0.15) is 0 Å². The minimum atomic E-state index is -0.189. The molecule has 0 saturated carbocycles. The normalized spacial score (nSPS) is 19.5. The SMILES string of the molecule is CCC(O)CN1C=CN(C)C1. The van der Waals surface area contributed by atoms with E-state index in [1.807, 2.05) is 26.4 Å². The smallest absolute Gasteiger partial charge is 0.0891 e. The van der Waals surface area contributed by atoms with E-state index in [2.05, 4.69) is 9.80 Å². The van der Waals surface area contributed by atoms with Gasteiger partial charge in [-0.05, 0) is 6.42 Å². The summed E-state index contributed by atoms with van der Waals surface area (Å²) in [6.07, 6.45) is 4.67. The molecule has 1 aliphatic heterocycles. The van der Waals surface area contributed by atoms with E-state index in [0.29, 0.717) is 0 Å². The van der Waals surface area contributed by atoms with Crippen molar-refractivity contribution in [1.82, 2.24) is 9.80 Å². The number of β-amino-alcohol motifs (C(OH)–C–C–N with tert-alkyl or cyclic N) is 1. The molecular formula is C8H16N2O. The molecule has 0 saturated heterocycles. The van der Waals surface area contributed by atoms with Crippen molar-refractivity contribution < 1.29 is 5.11 Å². The highest BCUT2D eigenvalue weighted by Crippen LogP contribution is 2.05. The molecule has 11 heavy (non-hydrogen) atoms. The molecule has 0 aromatic carbocycles. The van der Waals surface area contributed by atoms with Crippen LogP contribution in [0.15, 0.2) is 12.4 Å². The fourth-order valence-electron chi connectivity index (χ4n) is 1.11. The van der Waals surface area contributed by atoms with Gasteiger partial charge in [0.05, 0.1) is 12.8 Å². The Hall–Kier alpha value is -0.700. The van der Waals surface area contributed by atoms with Gasteiger partial charge in [-0.25, -0.2) is 0 Å². The van der Waals surface area contributed by atoms with Gasteiger partial charge in [0.2, 0.25) is 0 Å². The van der Waals surface area contributed by atoms with Gasteiger partial charge >= 0.3 is 0 Å². The third-order valence-electron chi connectivity index (χ3n) is 1.85. The maximum atomic E-state index is 9.31. The van der Waals surface area contributed by atoms with E-state index in [1.54, 1.807) is 0 Å². The van der Waals surface area contributed by atoms with Gasteiger partial charge in [0.25, 0.3) is 0 Å². The van der Waals surface area contributed by atoms with Crippen molar-refractivity contribution in [2.45, 2.75) is 19.4 Å². The molecule has 0 aromatic rings. The lowest BCUT2D eigenvalue weighted by Gasteiger charge is -2.20. The van der Waals surface area contributed by atoms with Crippen LogP contribution in [0.4, 0.5) is 0 Å². The summed E-state index contributed by atoms with van der Waals surface area (Å²) in [7, 11) is 2.02. The highest BCUT2D eigenvalue weighted by atomic mass is 16.3. The first kappa shape index (κ1) is 8.40. The number of hydrogen-bond acceptors (Lipinski definition) is 3. The average molecular weight is 156 g/mol. The minimum Gasteiger partial charge on any atom is -0.391 e. The average Bonchev–Trinajstić information content (AvgIpc) is 2.35. The first-order valence-corrected chi connectivity index (χ1v) is 4.03. The fourth-order valence-corrected chi connectivity index (χ4v) is 1.11. The van der Waals surface area contributed by atoms with Crippen LogP contribution in [0.1, 0.15) is 13.3 Å². The summed E-state index contributed by atoms with van der Waals surface area (Å²) in [5, 5.41) is 9.31. The zero-order chi connectivity index (χ0) is 8.27. The Morgan fingerprint density at radius 1 is 1.55 bits per heavy atom. The van der Waals surface area contributed by atoms with Crippen LogP contribution in [-0.4, -0.2) is 41.3 Å². The van der Waals surface area contributed by atoms with E-state index >= 15 is 0 Å². The Balaban J connectivity index is 2.24. The number of aliphatic hydroxyl groups excluding tert-OH is 1. The Bertz CT molecular complexity index is 147. The Labute approximate surface area is 67.9 Å². The van der Waals surface area contributed by atoms with E-state index in [4.69, 9.17) is 0 Å². The maximum absolute atomic E-state index is 9.31. The lowest BCUT2D eigenvalue weighted by molar-refractivity contribution is 0.123. The van der Waals surface area contributed by atoms with Gasteiger partial charge in [0.15, 0.2) is 0 Å². The second-order valence-corrected chi connectivity index (χ2v) is 3.03. The van der Waals surface area contributed by atoms with Gasteiger partial charge in [-0.2, -0.15) is 0 Å². The van der Waals surface area contributed by atoms with Crippen molar-refractivity contribution in [2.24, 2.45) is 0 Å². The molecule has 1 aliphatic rings. The van der Waals surface area contributed by atoms with Gasteiger partial charge < -0.3 is 14.9 Å². The quantitative estimate of drug-likeness (QED) is 0.642. The van der Waals surface area contributed by atoms with Crippen LogP contribution in [0.3, 0.4) is 0 Å². The van der Waals surface area contributed by atoms with Crippen molar-refractivity contribution in [2.75, 3.05) is 20.3 Å². The minimum absolute atomic E-state index is 0.189. The summed E-state index contributed by atoms with van der Waals surface area (Å²) < 4.78 is 0. The molecule has 0 bridgehead atoms. The predicted octanol–water partition coefficient (Wildman–Crippen LogP) is 0.433. The largest absolute Gasteiger partial charge is 0.391 e. The monoisotopic (exact) mass is 156 g/mol. The highest BCUT2D eigenvalue weighted by Gasteiger charge is 2.11. The van der Waals surface area contributed by atoms with Crippen LogP contribution < -0.4 is 0 Å². The molecule has 64 valence electrons. The second kappa shape index (κ2) is 3.62. The Kier molecular flexibility index (Phi) is 2.76. The van der Waals surface area contributed by atoms with Gasteiger partial charge in [0, 0.05) is 26.0 Å². The topological polar surface area (TPSA) is 26.7 Å². The molecule has 1 unspecified atom stereocenters. The number of aliphatic hydroxyl groups is 1. The number of nitrogens with zero attached hydrogens (tertiary/aromatic N) is 2. The Morgan fingerprint density at radius 3 is 2.73 bits per heavy atom. The molecule has 0 radical (unpaired) electrons. The van der Waals surface area contributed by atoms with E-state index in [9.17, 15) is 5.11 Å². The molecule has 3 nitrogen and oxygen atoms in total. The zero-order valence-electron chi connectivity index (χ0n) is 7.20. The molecule has 0 spiro atoms. The third kappa shape index (κ3) is 2.42. The fraction of sp³-hybridized carbons (Fsp3) is 0.750. The summed E-state index contributed by atoms with van der Waals surface area (Å²) in [4.78, 5) is 4.19. The summed E-state index contributed by atoms with van der Waals surface area (Å²) in [6.45, 7) is 3.64. The van der Waals surface area contributed by atoms with Crippen LogP contribution in [-0.2, 0) is 0 Å². The van der Waals surface area contributed by atoms with Crippen LogP contribution in [0.5, 0.6) is 0 Å². The molecule has 1 heterocycles. The maximum Gasteiger partial charge on any atom is 0.0891 e. The van der Waals surface area contributed by atoms with Crippen molar-refractivity contribution in [3.8, 4) is 0 Å². The first-order valence-electron chi connectivity index (χ1n) is 4.03. The van der Waals surface area contributed by atoms with Gasteiger partial charge in [-0.15, -0.1) is 0 Å². The molecule has 3 heteroatoms. The highest BCUT2D eigenvalue weighted by molar-refractivity contribution is 4.89. The predicted molar refractivity (Wildman–Crippen MR) is 44.8 cm³/mol. The van der Waals surface area contributed by atoms with Gasteiger partial charge in [-0.1, -0.05) is 6.92 Å². The van der Waals surface area contributed by atoms with Crippen LogP contribution >= 0.6 is 0 Å². The summed E-state index contributed by atoms with van der Waals surface area (Å²) >= 11 is 0. The van der Waals surface area contributed by atoms with Gasteiger partial charge in [-0.3, -0.25) is 0 Å². The van der Waals surface area contributed by atoms with Crippen LogP contribution in [0, 0.1) is 0 Å². The lowest BCUT2D eigenvalue weighted by Crippen LogP contribution is -2.30. The number of hydrogen-bond donors (Lipinski definition) is 1. The van der Waals surface area contributed by atoms with Crippen LogP contribution in [0.2, 0.25) is 0 Å². The summed E-state index contributed by atoms with van der Waals surface area (Å²) in [5.41, 5.74) is 0. The molecule has 1 rings (SSSR count). The molecule has 0 amide bonds. The summed E-state index contributed by atoms with van der Waals surface area (Å²) in [5.74, 6) is 0. The molecule has 1 atom stereocenters. The standard InChI is InChI=1S/C8H16N2O/c1-3-8(11)6-10-5-4-9(2)7-10/h4-5,8,11H,3,6-7H2,1-2H3. The summed E-state index contributed by atoms with van der Waals surface area (Å²) in [6, 6.07) is 0. The first-order chi connectivity index (χ1) is 5.22. The van der Waals surface area contributed by atoms with Crippen molar-refractivity contribution >= 4 is 0 Å². The van der Waals surface area contributed by atoms with E-state index in [1.165, 1.54) is 0 Å². The van der Waals surface area contributed by atoms with Crippen molar-refractivity contribution in [3.63, 3.8) is 0 Å². The van der Waals surface area contributed by atoms with E-state index in [-0.39, 0.29) is 6.10 Å². The van der Waals surface area contributed by atoms with Crippen LogP contribution in [0.25, 0.3) is 0 Å².